The van der Waals surface area contributed by atoms with E-state index in [9.17, 15) is 14.9 Å². The van der Waals surface area contributed by atoms with Crippen LogP contribution in [0.2, 0.25) is 0 Å². The van der Waals surface area contributed by atoms with E-state index in [1.165, 1.54) is 30.3 Å². The molecule has 1 heterocycles. The van der Waals surface area contributed by atoms with E-state index in [0.717, 1.165) is 24.4 Å². The fraction of sp³-hybridized carbons (Fsp3) is 0.500. The molecule has 1 aromatic rings. The van der Waals surface area contributed by atoms with Gasteiger partial charge in [-0.2, -0.15) is 0 Å². The molecule has 114 valence electrons. The van der Waals surface area contributed by atoms with Crippen LogP contribution in [0.15, 0.2) is 29.2 Å². The molecular formula is C14H19N3O3S. The molecule has 2 N–H and O–H groups in total. The van der Waals surface area contributed by atoms with E-state index in [2.05, 4.69) is 10.6 Å². The van der Waals surface area contributed by atoms with Crippen LogP contribution in [0.4, 0.5) is 5.69 Å². The Bertz CT molecular complexity index is 487. The van der Waals surface area contributed by atoms with Crippen molar-refractivity contribution in [3.8, 4) is 0 Å². The van der Waals surface area contributed by atoms with Gasteiger partial charge in [0.05, 0.1) is 10.7 Å². The van der Waals surface area contributed by atoms with Crippen molar-refractivity contribution >= 4 is 23.4 Å². The van der Waals surface area contributed by atoms with Crippen LogP contribution in [0.5, 0.6) is 0 Å². The minimum atomic E-state index is -0.432. The van der Waals surface area contributed by atoms with Crippen molar-refractivity contribution in [3.63, 3.8) is 0 Å². The van der Waals surface area contributed by atoms with Crippen LogP contribution in [0, 0.1) is 16.0 Å². The molecule has 1 fully saturated rings. The van der Waals surface area contributed by atoms with Gasteiger partial charge in [0.25, 0.3) is 5.69 Å². The Balaban J connectivity index is 1.64. The molecule has 1 aliphatic rings. The van der Waals surface area contributed by atoms with E-state index in [-0.39, 0.29) is 11.6 Å². The number of carbonyl (C=O) groups excluding carboxylic acids is 1. The predicted molar refractivity (Wildman–Crippen MR) is 82.4 cm³/mol. The summed E-state index contributed by atoms with van der Waals surface area (Å²) in [6.45, 7) is 2.84. The smallest absolute Gasteiger partial charge is 0.269 e. The quantitative estimate of drug-likeness (QED) is 0.456. The maximum absolute atomic E-state index is 11.7. The fourth-order valence-corrected chi connectivity index (χ4v) is 2.97. The molecule has 7 heteroatoms. The number of nitrogens with zero attached hydrogens (tertiary/aromatic N) is 1. The molecule has 1 atom stereocenters. The molecule has 1 saturated heterocycles. The highest BCUT2D eigenvalue weighted by Gasteiger charge is 2.14. The summed E-state index contributed by atoms with van der Waals surface area (Å²) in [5.41, 5.74) is 0.0639. The average molecular weight is 309 g/mol. The van der Waals surface area contributed by atoms with Crippen molar-refractivity contribution in [1.82, 2.24) is 10.6 Å². The Labute approximate surface area is 127 Å². The number of carbonyl (C=O) groups is 1. The van der Waals surface area contributed by atoms with Gasteiger partial charge < -0.3 is 10.6 Å². The molecule has 0 radical (unpaired) electrons. The third-order valence-electron chi connectivity index (χ3n) is 3.45. The number of amides is 1. The lowest BCUT2D eigenvalue weighted by molar-refractivity contribution is -0.384. The molecule has 0 bridgehead atoms. The SMILES string of the molecule is O=C(CSc1ccc([N+](=O)[O-])cc1)NCCC1CCNC1. The van der Waals surface area contributed by atoms with Gasteiger partial charge in [0.15, 0.2) is 0 Å². The molecule has 6 nitrogen and oxygen atoms in total. The maximum atomic E-state index is 11.7. The largest absolute Gasteiger partial charge is 0.355 e. The number of nitro groups is 1. The van der Waals surface area contributed by atoms with Crippen LogP contribution in [0.25, 0.3) is 0 Å². The second-order valence-electron chi connectivity index (χ2n) is 5.04. The lowest BCUT2D eigenvalue weighted by atomic mass is 10.1. The highest BCUT2D eigenvalue weighted by atomic mass is 32.2. The number of hydrogen-bond acceptors (Lipinski definition) is 5. The molecule has 21 heavy (non-hydrogen) atoms. The highest BCUT2D eigenvalue weighted by molar-refractivity contribution is 8.00. The third kappa shape index (κ3) is 5.35. The second kappa shape index (κ2) is 7.99. The summed E-state index contributed by atoms with van der Waals surface area (Å²) in [5, 5.41) is 16.8. The van der Waals surface area contributed by atoms with Crippen LogP contribution >= 0.6 is 11.8 Å². The van der Waals surface area contributed by atoms with Crippen LogP contribution < -0.4 is 10.6 Å². The Kier molecular flexibility index (Phi) is 6.01. The minimum Gasteiger partial charge on any atom is -0.355 e. The first-order chi connectivity index (χ1) is 10.1. The Morgan fingerprint density at radius 1 is 1.43 bits per heavy atom. The standard InChI is InChI=1S/C14H19N3O3S/c18-14(16-8-6-11-5-7-15-9-11)10-21-13-3-1-12(2-4-13)17(19)20/h1-4,11,15H,5-10H2,(H,16,18). The number of non-ortho nitro benzene ring substituents is 1. The molecule has 0 saturated carbocycles. The van der Waals surface area contributed by atoms with E-state index in [1.807, 2.05) is 0 Å². The monoisotopic (exact) mass is 309 g/mol. The minimum absolute atomic E-state index is 0.00399. The number of rotatable bonds is 7. The van der Waals surface area contributed by atoms with Gasteiger partial charge >= 0.3 is 0 Å². The van der Waals surface area contributed by atoms with Crippen molar-refractivity contribution in [1.29, 1.82) is 0 Å². The number of thioether (sulfide) groups is 1. The van der Waals surface area contributed by atoms with Crippen molar-refractivity contribution in [3.05, 3.63) is 34.4 Å². The van der Waals surface area contributed by atoms with Gasteiger partial charge in [-0.1, -0.05) is 0 Å². The van der Waals surface area contributed by atoms with E-state index >= 15 is 0 Å². The summed E-state index contributed by atoms with van der Waals surface area (Å²) in [6.07, 6.45) is 2.20. The molecule has 1 amide bonds. The van der Waals surface area contributed by atoms with E-state index < -0.39 is 4.92 Å². The lowest BCUT2D eigenvalue weighted by Crippen LogP contribution is -2.27. The predicted octanol–water partition coefficient (Wildman–Crippen LogP) is 1.80. The Morgan fingerprint density at radius 2 is 2.19 bits per heavy atom. The van der Waals surface area contributed by atoms with Gasteiger partial charge in [0.2, 0.25) is 5.91 Å². The van der Waals surface area contributed by atoms with Crippen LogP contribution in [0.3, 0.4) is 0 Å². The molecule has 0 aromatic heterocycles. The highest BCUT2D eigenvalue weighted by Crippen LogP contribution is 2.21. The summed E-state index contributed by atoms with van der Waals surface area (Å²) in [4.78, 5) is 22.7. The van der Waals surface area contributed by atoms with E-state index in [4.69, 9.17) is 0 Å². The zero-order valence-electron chi connectivity index (χ0n) is 11.7. The van der Waals surface area contributed by atoms with Gasteiger partial charge in [-0.25, -0.2) is 0 Å². The summed E-state index contributed by atoms with van der Waals surface area (Å²) < 4.78 is 0. The number of benzene rings is 1. The van der Waals surface area contributed by atoms with Crippen LogP contribution in [-0.2, 0) is 4.79 Å². The van der Waals surface area contributed by atoms with Crippen molar-refractivity contribution < 1.29 is 9.72 Å². The summed E-state index contributed by atoms with van der Waals surface area (Å²) in [6, 6.07) is 6.24. The summed E-state index contributed by atoms with van der Waals surface area (Å²) in [5.74, 6) is 1.01. The normalized spacial score (nSPS) is 17.6. The number of hydrogen-bond donors (Lipinski definition) is 2. The van der Waals surface area contributed by atoms with E-state index in [1.54, 1.807) is 12.1 Å². The first-order valence-corrected chi connectivity index (χ1v) is 7.98. The van der Waals surface area contributed by atoms with Crippen LogP contribution in [0.1, 0.15) is 12.8 Å². The van der Waals surface area contributed by atoms with Crippen molar-refractivity contribution in [2.45, 2.75) is 17.7 Å². The van der Waals surface area contributed by atoms with Gasteiger partial charge in [-0.3, -0.25) is 14.9 Å². The fourth-order valence-electron chi connectivity index (χ4n) is 2.24. The molecule has 0 spiro atoms. The summed E-state index contributed by atoms with van der Waals surface area (Å²) >= 11 is 1.38. The number of nitrogens with one attached hydrogen (secondary N) is 2. The van der Waals surface area contributed by atoms with Gasteiger partial charge in [0, 0.05) is 23.6 Å². The van der Waals surface area contributed by atoms with Crippen molar-refractivity contribution in [2.24, 2.45) is 5.92 Å². The zero-order chi connectivity index (χ0) is 15.1. The van der Waals surface area contributed by atoms with Crippen molar-refractivity contribution in [2.75, 3.05) is 25.4 Å². The summed E-state index contributed by atoms with van der Waals surface area (Å²) in [7, 11) is 0. The molecular weight excluding hydrogens is 290 g/mol. The van der Waals surface area contributed by atoms with Crippen LogP contribution in [-0.4, -0.2) is 36.2 Å². The van der Waals surface area contributed by atoms with E-state index in [0.29, 0.717) is 18.2 Å². The second-order valence-corrected chi connectivity index (χ2v) is 6.09. The third-order valence-corrected chi connectivity index (χ3v) is 4.47. The lowest BCUT2D eigenvalue weighted by Gasteiger charge is -2.09. The molecule has 2 rings (SSSR count). The first-order valence-electron chi connectivity index (χ1n) is 7.00. The van der Waals surface area contributed by atoms with Gasteiger partial charge in [-0.05, 0) is 44.0 Å². The number of nitro benzene ring substituents is 1. The molecule has 1 aliphatic heterocycles. The zero-order valence-corrected chi connectivity index (χ0v) is 12.5. The first kappa shape index (κ1) is 15.8. The van der Waals surface area contributed by atoms with Gasteiger partial charge in [0.1, 0.15) is 0 Å². The topological polar surface area (TPSA) is 84.3 Å². The molecule has 1 aromatic carbocycles. The Morgan fingerprint density at radius 3 is 2.81 bits per heavy atom. The van der Waals surface area contributed by atoms with Gasteiger partial charge in [-0.15, -0.1) is 11.8 Å². The molecule has 0 aliphatic carbocycles. The molecule has 1 unspecified atom stereocenters. The Hall–Kier alpha value is -1.60. The maximum Gasteiger partial charge on any atom is 0.269 e. The average Bonchev–Trinajstić information content (AvgIpc) is 2.99.